The average Bonchev–Trinajstić information content (AvgIpc) is 2.39. The molecule has 0 unspecified atom stereocenters. The molecule has 18 heavy (non-hydrogen) atoms. The smallest absolute Gasteiger partial charge is 0.338 e. The van der Waals surface area contributed by atoms with Crippen LogP contribution in [0.3, 0.4) is 0 Å². The maximum atomic E-state index is 11.8. The third-order valence-electron chi connectivity index (χ3n) is 2.36. The molecule has 3 nitrogen and oxygen atoms in total. The predicted octanol–water partition coefficient (Wildman–Crippen LogP) is 3.26. The van der Waals surface area contributed by atoms with E-state index >= 15 is 0 Å². The molecule has 1 aromatic rings. The first-order chi connectivity index (χ1) is 8.62. The number of ether oxygens (including phenoxy) is 1. The Bertz CT molecular complexity index is 444. The van der Waals surface area contributed by atoms with Crippen LogP contribution < -0.4 is 0 Å². The second-order valence-electron chi connectivity index (χ2n) is 3.69. The molecule has 1 aromatic carbocycles. The summed E-state index contributed by atoms with van der Waals surface area (Å²) in [5, 5.41) is 0.946. The molecule has 0 saturated carbocycles. The Morgan fingerprint density at radius 2 is 2.00 bits per heavy atom. The largest absolute Gasteiger partial charge is 0.462 e. The average molecular weight is 378 g/mol. The summed E-state index contributed by atoms with van der Waals surface area (Å²) in [4.78, 5) is 23.3. The fraction of sp³-hybridized carbons (Fsp3) is 0.385. The highest BCUT2D eigenvalue weighted by Crippen LogP contribution is 2.17. The van der Waals surface area contributed by atoms with Crippen molar-refractivity contribution in [2.75, 3.05) is 11.9 Å². The number of carbonyl (C=O) groups is 2. The summed E-state index contributed by atoms with van der Waals surface area (Å²) in [6.07, 6.45) is 0.238. The van der Waals surface area contributed by atoms with Crippen molar-refractivity contribution in [1.82, 2.24) is 0 Å². The maximum absolute atomic E-state index is 11.8. The number of hydrogen-bond acceptors (Lipinski definition) is 3. The van der Waals surface area contributed by atoms with E-state index in [4.69, 9.17) is 4.74 Å². The zero-order valence-electron chi connectivity index (χ0n) is 10.0. The molecule has 0 saturated heterocycles. The molecule has 5 heteroatoms. The Balaban J connectivity index is 3.07. The molecular formula is C13H14Br2O3. The van der Waals surface area contributed by atoms with Crippen LogP contribution in [0.5, 0.6) is 0 Å². The molecule has 0 aliphatic heterocycles. The van der Waals surface area contributed by atoms with Gasteiger partial charge in [-0.1, -0.05) is 44.0 Å². The summed E-state index contributed by atoms with van der Waals surface area (Å²) in [6.45, 7) is 2.08. The number of hydrogen-bond donors (Lipinski definition) is 0. The van der Waals surface area contributed by atoms with Crippen molar-refractivity contribution >= 4 is 43.6 Å². The molecule has 0 bridgehead atoms. The van der Waals surface area contributed by atoms with Crippen molar-refractivity contribution in [2.45, 2.75) is 18.7 Å². The van der Waals surface area contributed by atoms with Gasteiger partial charge in [0.15, 0.2) is 0 Å². The highest BCUT2D eigenvalue weighted by molar-refractivity contribution is 9.09. The normalized spacial score (nSPS) is 10.2. The summed E-state index contributed by atoms with van der Waals surface area (Å²) in [7, 11) is 0. The van der Waals surface area contributed by atoms with Gasteiger partial charge in [0.25, 0.3) is 0 Å². The first-order valence-corrected chi connectivity index (χ1v) is 7.79. The van der Waals surface area contributed by atoms with Crippen molar-refractivity contribution in [3.05, 3.63) is 34.9 Å². The van der Waals surface area contributed by atoms with Crippen LogP contribution in [0.4, 0.5) is 0 Å². The number of carbonyl (C=O) groups excluding carboxylic acids is 2. The Hall–Kier alpha value is -0.680. The Kier molecular flexibility index (Phi) is 6.57. The predicted molar refractivity (Wildman–Crippen MR) is 77.5 cm³/mol. The highest BCUT2D eigenvalue weighted by atomic mass is 79.9. The van der Waals surface area contributed by atoms with Gasteiger partial charge in [0, 0.05) is 11.8 Å². The molecule has 0 aliphatic carbocycles. The molecule has 0 spiro atoms. The molecule has 0 N–H and O–H groups in total. The molecule has 0 aromatic heterocycles. The van der Waals surface area contributed by atoms with Gasteiger partial charge in [-0.25, -0.2) is 4.79 Å². The lowest BCUT2D eigenvalue weighted by atomic mass is 10.0. The van der Waals surface area contributed by atoms with E-state index in [-0.39, 0.29) is 23.5 Å². The molecule has 0 fully saturated rings. The Morgan fingerprint density at radius 3 is 2.56 bits per heavy atom. The lowest BCUT2D eigenvalue weighted by molar-refractivity contribution is -0.115. The Labute approximate surface area is 123 Å². The van der Waals surface area contributed by atoms with Gasteiger partial charge in [-0.3, -0.25) is 4.79 Å². The van der Waals surface area contributed by atoms with Crippen LogP contribution >= 0.6 is 31.9 Å². The van der Waals surface area contributed by atoms with Crippen LogP contribution in [0.1, 0.15) is 28.4 Å². The fourth-order valence-electron chi connectivity index (χ4n) is 1.52. The van der Waals surface area contributed by atoms with Gasteiger partial charge in [-0.15, -0.1) is 0 Å². The number of alkyl halides is 2. The van der Waals surface area contributed by atoms with Crippen LogP contribution in [-0.2, 0) is 21.3 Å². The van der Waals surface area contributed by atoms with Crippen LogP contribution in [0, 0.1) is 0 Å². The van der Waals surface area contributed by atoms with Crippen molar-refractivity contribution < 1.29 is 14.3 Å². The number of halogens is 2. The van der Waals surface area contributed by atoms with Crippen molar-refractivity contribution in [3.63, 3.8) is 0 Å². The molecular weight excluding hydrogens is 364 g/mol. The summed E-state index contributed by atoms with van der Waals surface area (Å²) >= 11 is 6.46. The van der Waals surface area contributed by atoms with E-state index in [0.29, 0.717) is 23.1 Å². The number of benzene rings is 1. The van der Waals surface area contributed by atoms with Crippen LogP contribution in [-0.4, -0.2) is 23.7 Å². The summed E-state index contributed by atoms with van der Waals surface area (Å²) in [5.41, 5.74) is 2.17. The second kappa shape index (κ2) is 7.69. The quantitative estimate of drug-likeness (QED) is 0.564. The van der Waals surface area contributed by atoms with Gasteiger partial charge in [0.1, 0.15) is 5.78 Å². The Morgan fingerprint density at radius 1 is 1.28 bits per heavy atom. The summed E-state index contributed by atoms with van der Waals surface area (Å²) < 4.78 is 5.01. The van der Waals surface area contributed by atoms with Crippen LogP contribution in [0.15, 0.2) is 18.2 Å². The minimum Gasteiger partial charge on any atom is -0.462 e. The molecule has 0 radical (unpaired) electrons. The van der Waals surface area contributed by atoms with Gasteiger partial charge in [-0.2, -0.15) is 0 Å². The van der Waals surface area contributed by atoms with E-state index < -0.39 is 0 Å². The molecule has 0 heterocycles. The second-order valence-corrected chi connectivity index (χ2v) is 4.82. The fourth-order valence-corrected chi connectivity index (χ4v) is 2.07. The topological polar surface area (TPSA) is 43.4 Å². The van der Waals surface area contributed by atoms with E-state index in [0.717, 1.165) is 5.56 Å². The van der Waals surface area contributed by atoms with Crippen molar-refractivity contribution in [2.24, 2.45) is 0 Å². The number of rotatable bonds is 6. The van der Waals surface area contributed by atoms with Gasteiger partial charge in [0.05, 0.1) is 17.5 Å². The van der Waals surface area contributed by atoms with Crippen LogP contribution in [0.2, 0.25) is 0 Å². The molecule has 98 valence electrons. The lowest BCUT2D eigenvalue weighted by Gasteiger charge is -2.09. The van der Waals surface area contributed by atoms with E-state index in [9.17, 15) is 9.59 Å². The summed E-state index contributed by atoms with van der Waals surface area (Å²) in [6, 6.07) is 5.47. The number of esters is 1. The van der Waals surface area contributed by atoms with Crippen molar-refractivity contribution in [1.29, 1.82) is 0 Å². The van der Waals surface area contributed by atoms with Gasteiger partial charge in [-0.05, 0) is 24.1 Å². The van der Waals surface area contributed by atoms with E-state index in [1.54, 1.807) is 13.0 Å². The first-order valence-electron chi connectivity index (χ1n) is 5.54. The minimum atomic E-state index is -0.377. The zero-order chi connectivity index (χ0) is 13.5. The van der Waals surface area contributed by atoms with Crippen molar-refractivity contribution in [3.8, 4) is 0 Å². The standard InChI is InChI=1S/C13H14Br2O3/c1-2-18-13(17)12-5-9(7-14)3-4-10(12)6-11(16)8-15/h3-5H,2,6-8H2,1H3. The van der Waals surface area contributed by atoms with Crippen LogP contribution in [0.25, 0.3) is 0 Å². The maximum Gasteiger partial charge on any atom is 0.338 e. The third-order valence-corrected chi connectivity index (χ3v) is 3.63. The minimum absolute atomic E-state index is 0.0344. The van der Waals surface area contributed by atoms with Gasteiger partial charge in [0.2, 0.25) is 0 Å². The SMILES string of the molecule is CCOC(=O)c1cc(CBr)ccc1CC(=O)CBr. The van der Waals surface area contributed by atoms with Gasteiger partial charge < -0.3 is 4.74 Å². The zero-order valence-corrected chi connectivity index (χ0v) is 13.2. The van der Waals surface area contributed by atoms with E-state index in [1.165, 1.54) is 0 Å². The van der Waals surface area contributed by atoms with Gasteiger partial charge >= 0.3 is 5.97 Å². The van der Waals surface area contributed by atoms with E-state index in [1.807, 2.05) is 12.1 Å². The molecule has 0 aliphatic rings. The van der Waals surface area contributed by atoms with E-state index in [2.05, 4.69) is 31.9 Å². The summed E-state index contributed by atoms with van der Waals surface area (Å²) in [5.74, 6) is -0.343. The third kappa shape index (κ3) is 4.21. The molecule has 0 atom stereocenters. The molecule has 1 rings (SSSR count). The first kappa shape index (κ1) is 15.4. The monoisotopic (exact) mass is 376 g/mol. The lowest BCUT2D eigenvalue weighted by Crippen LogP contribution is -2.12. The molecule has 0 amide bonds. The number of ketones is 1. The highest BCUT2D eigenvalue weighted by Gasteiger charge is 2.15. The number of Topliss-reactive ketones (excluding diaryl/α,β-unsaturated/α-hetero) is 1.